The van der Waals surface area contributed by atoms with Crippen molar-refractivity contribution in [3.05, 3.63) is 77.8 Å². The molecule has 0 unspecified atom stereocenters. The van der Waals surface area contributed by atoms with Gasteiger partial charge in [-0.05, 0) is 73.3 Å². The van der Waals surface area contributed by atoms with Crippen LogP contribution >= 0.6 is 0 Å². The van der Waals surface area contributed by atoms with Crippen LogP contribution in [0.1, 0.15) is 43.0 Å². The topological polar surface area (TPSA) is 108 Å². The van der Waals surface area contributed by atoms with Gasteiger partial charge in [0.25, 0.3) is 5.91 Å². The van der Waals surface area contributed by atoms with Gasteiger partial charge in [-0.2, -0.15) is 0 Å². The third-order valence-corrected chi connectivity index (χ3v) is 8.19. The van der Waals surface area contributed by atoms with E-state index in [1.807, 2.05) is 37.4 Å². The smallest absolute Gasteiger partial charge is 0.250 e. The molecule has 3 N–H and O–H groups in total. The maximum Gasteiger partial charge on any atom is 0.250 e. The number of aromatic nitrogens is 4. The summed E-state index contributed by atoms with van der Waals surface area (Å²) in [6, 6.07) is 12.0. The predicted octanol–water partition coefficient (Wildman–Crippen LogP) is 5.49. The number of nitrogen functional groups attached to an aromatic ring is 1. The van der Waals surface area contributed by atoms with Gasteiger partial charge in [-0.25, -0.2) is 15.0 Å². The Morgan fingerprint density at radius 3 is 2.64 bits per heavy atom. The first kappa shape index (κ1) is 24.9. The van der Waals surface area contributed by atoms with Crippen LogP contribution in [0.3, 0.4) is 0 Å². The summed E-state index contributed by atoms with van der Waals surface area (Å²) in [6.45, 7) is 5.41. The number of nitrogens with one attached hydrogen (secondary N) is 1. The van der Waals surface area contributed by atoms with Crippen LogP contribution in [0.2, 0.25) is 0 Å². The van der Waals surface area contributed by atoms with E-state index in [1.165, 1.54) is 17.5 Å². The van der Waals surface area contributed by atoms with Gasteiger partial charge in [0, 0.05) is 35.6 Å². The molecule has 1 amide bonds. The number of benzene rings is 1. The van der Waals surface area contributed by atoms with E-state index in [-0.39, 0.29) is 11.3 Å². The summed E-state index contributed by atoms with van der Waals surface area (Å²) in [5.41, 5.74) is 15.5. The molecule has 1 atom stereocenters. The second-order valence-electron chi connectivity index (χ2n) is 10.8. The second kappa shape index (κ2) is 9.38. The lowest BCUT2D eigenvalue weighted by molar-refractivity contribution is -0.112. The summed E-state index contributed by atoms with van der Waals surface area (Å²) in [7, 11) is 3.68. The average molecular weight is 521 g/mol. The van der Waals surface area contributed by atoms with Gasteiger partial charge in [-0.1, -0.05) is 30.9 Å². The fourth-order valence-corrected chi connectivity index (χ4v) is 6.13. The molecule has 6 rings (SSSR count). The number of nitrogens with zero attached hydrogens (tertiary/aromatic N) is 4. The zero-order valence-electron chi connectivity index (χ0n) is 22.5. The molecule has 1 aromatic carbocycles. The van der Waals surface area contributed by atoms with Crippen molar-refractivity contribution in [2.24, 2.45) is 12.5 Å². The number of aryl methyl sites for hydroxylation is 1. The number of allylic oxidation sites excluding steroid dienone is 2. The third-order valence-electron chi connectivity index (χ3n) is 8.19. The van der Waals surface area contributed by atoms with Crippen molar-refractivity contribution < 1.29 is 9.53 Å². The fourth-order valence-electron chi connectivity index (χ4n) is 6.13. The van der Waals surface area contributed by atoms with E-state index in [4.69, 9.17) is 15.5 Å². The summed E-state index contributed by atoms with van der Waals surface area (Å²) in [4.78, 5) is 25.7. The number of rotatable bonds is 5. The number of carbonyl (C=O) groups is 1. The molecule has 4 aromatic rings. The molecule has 0 bridgehead atoms. The quantitative estimate of drug-likeness (QED) is 0.337. The predicted molar refractivity (Wildman–Crippen MR) is 154 cm³/mol. The van der Waals surface area contributed by atoms with Crippen LogP contribution in [0.5, 0.6) is 5.88 Å². The number of nitrogens with two attached hydrogens (primary N) is 1. The molecule has 8 heteroatoms. The molecule has 39 heavy (non-hydrogen) atoms. The van der Waals surface area contributed by atoms with Gasteiger partial charge < -0.3 is 20.4 Å². The zero-order chi connectivity index (χ0) is 27.3. The van der Waals surface area contributed by atoms with Crippen LogP contribution in [0, 0.1) is 5.41 Å². The van der Waals surface area contributed by atoms with Crippen molar-refractivity contribution in [1.29, 1.82) is 0 Å². The van der Waals surface area contributed by atoms with E-state index in [0.717, 1.165) is 71.3 Å². The van der Waals surface area contributed by atoms with Crippen LogP contribution in [0.4, 0.5) is 11.5 Å². The number of amides is 1. The highest BCUT2D eigenvalue weighted by atomic mass is 16.5. The Balaban J connectivity index is 1.38. The van der Waals surface area contributed by atoms with E-state index < -0.39 is 0 Å². The van der Waals surface area contributed by atoms with E-state index in [0.29, 0.717) is 17.3 Å². The van der Waals surface area contributed by atoms with Crippen LogP contribution < -0.4 is 15.8 Å². The Kier molecular flexibility index (Phi) is 5.98. The highest BCUT2D eigenvalue weighted by molar-refractivity contribution is 6.05. The first-order valence-electron chi connectivity index (χ1n) is 13.2. The number of anilines is 2. The Labute approximate surface area is 227 Å². The largest absolute Gasteiger partial charge is 0.481 e. The molecular formula is C31H32N6O2. The Morgan fingerprint density at radius 1 is 1.15 bits per heavy atom. The maximum atomic E-state index is 12.1. The van der Waals surface area contributed by atoms with Crippen LogP contribution in [0.25, 0.3) is 27.9 Å². The number of pyridine rings is 1. The fraction of sp³-hybridized carbons (Fsp3) is 0.290. The molecule has 0 radical (unpaired) electrons. The molecule has 0 saturated carbocycles. The summed E-state index contributed by atoms with van der Waals surface area (Å²) in [6.07, 6.45) is 8.87. The van der Waals surface area contributed by atoms with E-state index in [2.05, 4.69) is 38.6 Å². The zero-order valence-corrected chi connectivity index (χ0v) is 22.5. The minimum absolute atomic E-state index is 0.182. The minimum Gasteiger partial charge on any atom is -0.481 e. The Bertz CT molecular complexity index is 1670. The van der Waals surface area contributed by atoms with Crippen molar-refractivity contribution in [2.75, 3.05) is 18.2 Å². The van der Waals surface area contributed by atoms with E-state index >= 15 is 0 Å². The van der Waals surface area contributed by atoms with Crippen LogP contribution in [-0.4, -0.2) is 32.5 Å². The Morgan fingerprint density at radius 2 is 1.95 bits per heavy atom. The standard InChI is InChI=1S/C31H32N6O2/c1-18(2)30(38)35-22-8-5-20(6-9-22)27-25(26-28(32)33-17-34-29(26)37(27)3)19-11-13-31(14-12-19)15-21-7-10-24(39-4)36-23(21)16-31/h5-11,17H,1,12-16H2,2-4H3,(H,35,38)(H2,32,33,34)/t31-/m1/s1. The molecule has 0 saturated heterocycles. The number of hydrogen-bond acceptors (Lipinski definition) is 6. The molecule has 2 aliphatic carbocycles. The summed E-state index contributed by atoms with van der Waals surface area (Å²) in [5, 5.41) is 3.77. The van der Waals surface area contributed by atoms with Crippen LogP contribution in [0.15, 0.2) is 61.0 Å². The first-order chi connectivity index (χ1) is 18.8. The van der Waals surface area contributed by atoms with Gasteiger partial charge >= 0.3 is 0 Å². The van der Waals surface area contributed by atoms with Gasteiger partial charge in [-0.15, -0.1) is 0 Å². The van der Waals surface area contributed by atoms with Crippen LogP contribution in [-0.2, 0) is 24.7 Å². The number of carbonyl (C=O) groups excluding carboxylic acids is 1. The summed E-state index contributed by atoms with van der Waals surface area (Å²) in [5.74, 6) is 0.965. The lowest BCUT2D eigenvalue weighted by atomic mass is 9.72. The van der Waals surface area contributed by atoms with Gasteiger partial charge in [0.15, 0.2) is 0 Å². The number of methoxy groups -OCH3 is 1. The molecule has 198 valence electrons. The summed E-state index contributed by atoms with van der Waals surface area (Å²) >= 11 is 0. The van der Waals surface area contributed by atoms with Crippen molar-refractivity contribution in [1.82, 2.24) is 19.5 Å². The molecule has 2 aliphatic rings. The maximum absolute atomic E-state index is 12.1. The summed E-state index contributed by atoms with van der Waals surface area (Å²) < 4.78 is 7.46. The molecule has 0 fully saturated rings. The normalized spacial score (nSPS) is 18.2. The molecule has 8 nitrogen and oxygen atoms in total. The van der Waals surface area contributed by atoms with Crippen molar-refractivity contribution >= 4 is 34.0 Å². The lowest BCUT2D eigenvalue weighted by Gasteiger charge is -2.32. The molecule has 1 spiro atoms. The van der Waals surface area contributed by atoms with E-state index in [1.54, 1.807) is 14.0 Å². The van der Waals surface area contributed by atoms with E-state index in [9.17, 15) is 4.79 Å². The SMILES string of the molecule is C=C(C)C(=O)Nc1ccc(-c2c(C3=CC[C@@]4(CC3)Cc3ccc(OC)nc3C4)c3c(N)ncnc3n2C)cc1. The van der Waals surface area contributed by atoms with Crippen molar-refractivity contribution in [3.8, 4) is 17.1 Å². The molecular weight excluding hydrogens is 488 g/mol. The first-order valence-corrected chi connectivity index (χ1v) is 13.2. The average Bonchev–Trinajstić information content (AvgIpc) is 3.44. The molecule has 0 aliphatic heterocycles. The minimum atomic E-state index is -0.194. The van der Waals surface area contributed by atoms with Gasteiger partial charge in [-0.3, -0.25) is 4.79 Å². The third kappa shape index (κ3) is 4.26. The highest BCUT2D eigenvalue weighted by Crippen LogP contribution is 2.50. The number of ether oxygens (including phenoxy) is 1. The van der Waals surface area contributed by atoms with Gasteiger partial charge in [0.2, 0.25) is 5.88 Å². The lowest BCUT2D eigenvalue weighted by Crippen LogP contribution is -2.23. The highest BCUT2D eigenvalue weighted by Gasteiger charge is 2.40. The Hall–Kier alpha value is -4.46. The monoisotopic (exact) mass is 520 g/mol. The molecule has 3 aromatic heterocycles. The van der Waals surface area contributed by atoms with Crippen molar-refractivity contribution in [2.45, 2.75) is 39.0 Å². The number of fused-ring (bicyclic) bond motifs is 2. The van der Waals surface area contributed by atoms with Crippen molar-refractivity contribution in [3.63, 3.8) is 0 Å². The van der Waals surface area contributed by atoms with Gasteiger partial charge in [0.05, 0.1) is 18.2 Å². The van der Waals surface area contributed by atoms with Gasteiger partial charge in [0.1, 0.15) is 17.8 Å². The number of hydrogen-bond donors (Lipinski definition) is 2. The molecule has 3 heterocycles. The second-order valence-corrected chi connectivity index (χ2v) is 10.8.